The summed E-state index contributed by atoms with van der Waals surface area (Å²) in [5, 5.41) is 12.2. The second-order valence-electron chi connectivity index (χ2n) is 8.11. The molecule has 2 aromatic heterocycles. The summed E-state index contributed by atoms with van der Waals surface area (Å²) >= 11 is 6.21. The third kappa shape index (κ3) is 4.60. The molecule has 2 heterocycles. The molecular weight excluding hydrogens is 410 g/mol. The molecule has 1 amide bonds. The number of hydrogen-bond acceptors (Lipinski definition) is 4. The zero-order valence-electron chi connectivity index (χ0n) is 17.4. The van der Waals surface area contributed by atoms with Gasteiger partial charge in [-0.1, -0.05) is 66.2 Å². The second kappa shape index (κ2) is 8.49. The van der Waals surface area contributed by atoms with E-state index in [1.54, 1.807) is 32.2 Å². The highest BCUT2D eigenvalue weighted by Crippen LogP contribution is 2.28. The Hall–Kier alpha value is -3.22. The summed E-state index contributed by atoms with van der Waals surface area (Å²) in [6.07, 6.45) is 2.27. The molecule has 0 aliphatic carbocycles. The van der Waals surface area contributed by atoms with Crippen LogP contribution in [0.15, 0.2) is 72.9 Å². The lowest BCUT2D eigenvalue weighted by Crippen LogP contribution is -2.50. The first-order valence-corrected chi connectivity index (χ1v) is 10.4. The van der Waals surface area contributed by atoms with Gasteiger partial charge in [0.1, 0.15) is 0 Å². The van der Waals surface area contributed by atoms with Gasteiger partial charge in [-0.2, -0.15) is 0 Å². The fraction of sp³-hybridized carbons (Fsp3) is 0.208. The lowest BCUT2D eigenvalue weighted by atomic mass is 9.94. The van der Waals surface area contributed by atoms with E-state index in [0.29, 0.717) is 22.9 Å². The molecule has 0 spiro atoms. The van der Waals surface area contributed by atoms with Crippen LogP contribution >= 0.6 is 11.6 Å². The summed E-state index contributed by atoms with van der Waals surface area (Å²) in [6.45, 7) is 3.35. The number of benzene rings is 2. The summed E-state index contributed by atoms with van der Waals surface area (Å²) in [4.78, 5) is 12.8. The molecule has 0 saturated carbocycles. The van der Waals surface area contributed by atoms with E-state index in [0.717, 1.165) is 16.7 Å². The van der Waals surface area contributed by atoms with Crippen LogP contribution in [0.5, 0.6) is 0 Å². The highest BCUT2D eigenvalue weighted by atomic mass is 35.5. The van der Waals surface area contributed by atoms with Gasteiger partial charge < -0.3 is 11.1 Å². The molecule has 0 fully saturated rings. The summed E-state index contributed by atoms with van der Waals surface area (Å²) < 4.78 is 1.81. The van der Waals surface area contributed by atoms with Crippen molar-refractivity contribution in [2.45, 2.75) is 31.8 Å². The van der Waals surface area contributed by atoms with E-state index in [-0.39, 0.29) is 5.91 Å². The van der Waals surface area contributed by atoms with Crippen molar-refractivity contribution in [1.29, 1.82) is 0 Å². The molecule has 31 heavy (non-hydrogen) atoms. The Morgan fingerprint density at radius 1 is 1.06 bits per heavy atom. The highest BCUT2D eigenvalue weighted by Gasteiger charge is 2.28. The molecule has 6 nitrogen and oxygen atoms in total. The number of carbonyl (C=O) groups is 1. The maximum atomic E-state index is 12.8. The average Bonchev–Trinajstić information content (AvgIpc) is 3.16. The van der Waals surface area contributed by atoms with E-state index in [1.165, 1.54) is 0 Å². The van der Waals surface area contributed by atoms with Crippen molar-refractivity contribution in [3.05, 3.63) is 89.3 Å². The van der Waals surface area contributed by atoms with E-state index in [1.807, 2.05) is 34.7 Å². The molecule has 7 heteroatoms. The van der Waals surface area contributed by atoms with Gasteiger partial charge in [-0.3, -0.25) is 9.20 Å². The standard InChI is InChI=1S/C24H24ClN5O/c1-24(2,26)23(31)27-20(22-29-28-21-13-12-18(25)15-30(21)22)14-17-10-6-7-11-19(17)16-8-4-3-5-9-16/h3-13,15,20H,14,26H2,1-2H3,(H,27,31)/t20-/m1/s1. The van der Waals surface area contributed by atoms with Crippen LogP contribution in [0.4, 0.5) is 0 Å². The largest absolute Gasteiger partial charge is 0.344 e. The lowest BCUT2D eigenvalue weighted by Gasteiger charge is -2.24. The molecule has 0 radical (unpaired) electrons. The van der Waals surface area contributed by atoms with Crippen LogP contribution in [-0.2, 0) is 11.2 Å². The Bertz CT molecular complexity index is 1210. The number of hydrogen-bond donors (Lipinski definition) is 2. The molecule has 1 atom stereocenters. The Kier molecular flexibility index (Phi) is 5.76. The maximum Gasteiger partial charge on any atom is 0.240 e. The molecule has 4 aromatic rings. The van der Waals surface area contributed by atoms with E-state index < -0.39 is 11.6 Å². The van der Waals surface area contributed by atoms with Gasteiger partial charge in [0.05, 0.1) is 16.6 Å². The zero-order valence-corrected chi connectivity index (χ0v) is 18.2. The second-order valence-corrected chi connectivity index (χ2v) is 8.55. The number of nitrogens with one attached hydrogen (secondary N) is 1. The topological polar surface area (TPSA) is 85.3 Å². The first kappa shape index (κ1) is 21.0. The minimum atomic E-state index is -1.03. The van der Waals surface area contributed by atoms with Crippen LogP contribution < -0.4 is 11.1 Å². The predicted octanol–water partition coefficient (Wildman–Crippen LogP) is 4.19. The van der Waals surface area contributed by atoms with Gasteiger partial charge in [-0.05, 0) is 42.7 Å². The van der Waals surface area contributed by atoms with Gasteiger partial charge in [-0.15, -0.1) is 10.2 Å². The smallest absolute Gasteiger partial charge is 0.240 e. The molecular formula is C24H24ClN5O. The van der Waals surface area contributed by atoms with E-state index in [4.69, 9.17) is 17.3 Å². The number of fused-ring (bicyclic) bond motifs is 1. The number of amides is 1. The van der Waals surface area contributed by atoms with Crippen LogP contribution in [0.3, 0.4) is 0 Å². The minimum Gasteiger partial charge on any atom is -0.344 e. The molecule has 0 aliphatic rings. The first-order valence-electron chi connectivity index (χ1n) is 10.1. The van der Waals surface area contributed by atoms with Crippen LogP contribution in [-0.4, -0.2) is 26.0 Å². The van der Waals surface area contributed by atoms with Gasteiger partial charge in [0.2, 0.25) is 5.91 Å². The van der Waals surface area contributed by atoms with E-state index in [9.17, 15) is 4.79 Å². The fourth-order valence-corrected chi connectivity index (χ4v) is 3.65. The first-order chi connectivity index (χ1) is 14.8. The van der Waals surface area contributed by atoms with Crippen molar-refractivity contribution >= 4 is 23.2 Å². The van der Waals surface area contributed by atoms with Crippen LogP contribution in [0, 0.1) is 0 Å². The Labute approximate surface area is 186 Å². The molecule has 0 bridgehead atoms. The van der Waals surface area contributed by atoms with E-state index in [2.05, 4.69) is 39.8 Å². The number of nitrogens with two attached hydrogens (primary N) is 1. The van der Waals surface area contributed by atoms with Crippen molar-refractivity contribution in [3.8, 4) is 11.1 Å². The average molecular weight is 434 g/mol. The monoisotopic (exact) mass is 433 g/mol. The van der Waals surface area contributed by atoms with Gasteiger partial charge in [0.15, 0.2) is 11.5 Å². The number of rotatable bonds is 6. The van der Waals surface area contributed by atoms with Gasteiger partial charge in [-0.25, -0.2) is 0 Å². The van der Waals surface area contributed by atoms with Crippen molar-refractivity contribution < 1.29 is 4.79 Å². The quantitative estimate of drug-likeness (QED) is 0.477. The normalized spacial score (nSPS) is 12.6. The summed E-state index contributed by atoms with van der Waals surface area (Å²) in [5.41, 5.74) is 8.96. The highest BCUT2D eigenvalue weighted by molar-refractivity contribution is 6.30. The molecule has 0 saturated heterocycles. The van der Waals surface area contributed by atoms with E-state index >= 15 is 0 Å². The third-order valence-electron chi connectivity index (χ3n) is 5.12. The summed E-state index contributed by atoms with van der Waals surface area (Å²) in [5.74, 6) is 0.325. The van der Waals surface area contributed by atoms with Crippen molar-refractivity contribution in [3.63, 3.8) is 0 Å². The lowest BCUT2D eigenvalue weighted by molar-refractivity contribution is -0.126. The molecule has 3 N–H and O–H groups in total. The molecule has 4 rings (SSSR count). The Morgan fingerprint density at radius 2 is 1.77 bits per heavy atom. The van der Waals surface area contributed by atoms with Crippen LogP contribution in [0.2, 0.25) is 5.02 Å². The summed E-state index contributed by atoms with van der Waals surface area (Å²) in [6, 6.07) is 21.4. The van der Waals surface area contributed by atoms with Gasteiger partial charge >= 0.3 is 0 Å². The number of aromatic nitrogens is 3. The maximum absolute atomic E-state index is 12.8. The predicted molar refractivity (Wildman–Crippen MR) is 123 cm³/mol. The van der Waals surface area contributed by atoms with Gasteiger partial charge in [0.25, 0.3) is 0 Å². The number of pyridine rings is 1. The number of nitrogens with zero attached hydrogens (tertiary/aromatic N) is 3. The minimum absolute atomic E-state index is 0.270. The van der Waals surface area contributed by atoms with Gasteiger partial charge in [0, 0.05) is 12.6 Å². The molecule has 2 aromatic carbocycles. The number of carbonyl (C=O) groups excluding carboxylic acids is 1. The Balaban J connectivity index is 1.78. The van der Waals surface area contributed by atoms with Crippen LogP contribution in [0.25, 0.3) is 16.8 Å². The Morgan fingerprint density at radius 3 is 2.52 bits per heavy atom. The van der Waals surface area contributed by atoms with Crippen LogP contribution in [0.1, 0.15) is 31.3 Å². The third-order valence-corrected chi connectivity index (χ3v) is 5.34. The van der Waals surface area contributed by atoms with Crippen molar-refractivity contribution in [1.82, 2.24) is 19.9 Å². The molecule has 158 valence electrons. The zero-order chi connectivity index (χ0) is 22.0. The fourth-order valence-electron chi connectivity index (χ4n) is 3.49. The van der Waals surface area contributed by atoms with Crippen molar-refractivity contribution in [2.24, 2.45) is 5.73 Å². The molecule has 0 unspecified atom stereocenters. The molecule has 0 aliphatic heterocycles. The van der Waals surface area contributed by atoms with Crippen molar-refractivity contribution in [2.75, 3.05) is 0 Å². The number of halogens is 1. The SMILES string of the molecule is CC(C)(N)C(=O)N[C@H](Cc1ccccc1-c1ccccc1)c1nnc2ccc(Cl)cn12. The summed E-state index contributed by atoms with van der Waals surface area (Å²) in [7, 11) is 0.